The maximum absolute atomic E-state index is 12.2. The molecule has 0 fully saturated rings. The Morgan fingerprint density at radius 3 is 2.23 bits per heavy atom. The smallest absolute Gasteiger partial charge is 0.317 e. The molecule has 0 rings (SSSR count). The van der Waals surface area contributed by atoms with E-state index in [1.165, 1.54) is 4.90 Å². The summed E-state index contributed by atoms with van der Waals surface area (Å²) >= 11 is 0. The van der Waals surface area contributed by atoms with Gasteiger partial charge in [-0.05, 0) is 27.8 Å². The zero-order chi connectivity index (χ0) is 23.7. The van der Waals surface area contributed by atoms with Crippen molar-refractivity contribution in [2.45, 2.75) is 32.4 Å². The first-order valence-electron chi connectivity index (χ1n) is 10.4. The number of likely N-dealkylation sites (N-methyl/N-ethyl adjacent to an activating group) is 1. The van der Waals surface area contributed by atoms with Crippen molar-refractivity contribution in [3.05, 3.63) is 0 Å². The van der Waals surface area contributed by atoms with Crippen molar-refractivity contribution < 1.29 is 38.8 Å². The number of carboxylic acid groups (broad SMARTS) is 1. The lowest BCUT2D eigenvalue weighted by Crippen LogP contribution is -2.49. The van der Waals surface area contributed by atoms with Crippen LogP contribution in [0.15, 0.2) is 0 Å². The molecule has 11 heteroatoms. The molecule has 182 valence electrons. The minimum Gasteiger partial charge on any atom is -0.480 e. The van der Waals surface area contributed by atoms with Gasteiger partial charge in [-0.3, -0.25) is 19.3 Å². The Kier molecular flexibility index (Phi) is 16.3. The van der Waals surface area contributed by atoms with Crippen LogP contribution in [0, 0.1) is 0 Å². The normalized spacial score (nSPS) is 12.8. The quantitative estimate of drug-likeness (QED) is 0.152. The monoisotopic (exact) mass is 449 g/mol. The second kappa shape index (κ2) is 17.1. The molecule has 0 bridgehead atoms. The summed E-state index contributed by atoms with van der Waals surface area (Å²) in [6.45, 7) is 7.68. The zero-order valence-electron chi connectivity index (χ0n) is 19.1. The molecular weight excluding hydrogens is 410 g/mol. The SMILES string of the molecule is CC(NCCOCCOCC(=O)C(C)(C)NCCOCCO)C(=O)CN(C)CC(=O)O. The Morgan fingerprint density at radius 1 is 0.968 bits per heavy atom. The molecular formula is C20H39N3O8. The zero-order valence-corrected chi connectivity index (χ0v) is 19.1. The fourth-order valence-corrected chi connectivity index (χ4v) is 2.42. The largest absolute Gasteiger partial charge is 0.480 e. The van der Waals surface area contributed by atoms with Gasteiger partial charge in [0.15, 0.2) is 11.6 Å². The van der Waals surface area contributed by atoms with Crippen molar-refractivity contribution in [3.8, 4) is 0 Å². The van der Waals surface area contributed by atoms with Crippen molar-refractivity contribution in [3.63, 3.8) is 0 Å². The average molecular weight is 450 g/mol. The van der Waals surface area contributed by atoms with Crippen LogP contribution < -0.4 is 10.6 Å². The van der Waals surface area contributed by atoms with Crippen LogP contribution in [0.5, 0.6) is 0 Å². The van der Waals surface area contributed by atoms with Gasteiger partial charge in [0.2, 0.25) is 0 Å². The lowest BCUT2D eigenvalue weighted by Gasteiger charge is -2.24. The molecule has 0 aromatic heterocycles. The number of ether oxygens (including phenoxy) is 3. The number of hydrogen-bond acceptors (Lipinski definition) is 10. The summed E-state index contributed by atoms with van der Waals surface area (Å²) in [5.41, 5.74) is -0.742. The number of nitrogens with zero attached hydrogens (tertiary/aromatic N) is 1. The Balaban J connectivity index is 3.76. The minimum absolute atomic E-state index is 0.0301. The van der Waals surface area contributed by atoms with Crippen molar-refractivity contribution in [2.24, 2.45) is 0 Å². The molecule has 0 aliphatic rings. The highest BCUT2D eigenvalue weighted by molar-refractivity contribution is 5.88. The van der Waals surface area contributed by atoms with Crippen LogP contribution in [-0.4, -0.2) is 124 Å². The summed E-state index contributed by atoms with van der Waals surface area (Å²) < 4.78 is 15.9. The topological polar surface area (TPSA) is 147 Å². The number of ketones is 2. The minimum atomic E-state index is -0.975. The molecule has 0 saturated heterocycles. The van der Waals surface area contributed by atoms with Crippen LogP contribution in [-0.2, 0) is 28.6 Å². The molecule has 31 heavy (non-hydrogen) atoms. The van der Waals surface area contributed by atoms with Crippen molar-refractivity contribution in [1.82, 2.24) is 15.5 Å². The number of rotatable bonds is 21. The van der Waals surface area contributed by atoms with Crippen molar-refractivity contribution >= 4 is 17.5 Å². The van der Waals surface area contributed by atoms with E-state index < -0.39 is 17.6 Å². The van der Waals surface area contributed by atoms with Gasteiger partial charge >= 0.3 is 5.97 Å². The summed E-state index contributed by atoms with van der Waals surface area (Å²) in [5.74, 6) is -1.16. The van der Waals surface area contributed by atoms with Gasteiger partial charge in [-0.25, -0.2) is 0 Å². The molecule has 1 unspecified atom stereocenters. The summed E-state index contributed by atoms with van der Waals surface area (Å²) in [7, 11) is 1.58. The van der Waals surface area contributed by atoms with E-state index in [1.54, 1.807) is 27.8 Å². The highest BCUT2D eigenvalue weighted by Gasteiger charge is 2.26. The summed E-state index contributed by atoms with van der Waals surface area (Å²) in [6.07, 6.45) is 0. The Labute approximate surface area is 184 Å². The van der Waals surface area contributed by atoms with Crippen LogP contribution in [0.3, 0.4) is 0 Å². The van der Waals surface area contributed by atoms with Gasteiger partial charge in [0.25, 0.3) is 0 Å². The lowest BCUT2D eigenvalue weighted by atomic mass is 10.00. The van der Waals surface area contributed by atoms with Crippen LogP contribution in [0.1, 0.15) is 20.8 Å². The van der Waals surface area contributed by atoms with Crippen LogP contribution >= 0.6 is 0 Å². The van der Waals surface area contributed by atoms with Crippen molar-refractivity contribution in [1.29, 1.82) is 0 Å². The number of carboxylic acids is 1. The van der Waals surface area contributed by atoms with E-state index in [1.807, 2.05) is 0 Å². The fraction of sp³-hybridized carbons (Fsp3) is 0.850. The Bertz CT molecular complexity index is 531. The molecule has 0 aliphatic carbocycles. The molecule has 0 spiro atoms. The van der Waals surface area contributed by atoms with Crippen LogP contribution in [0.25, 0.3) is 0 Å². The maximum atomic E-state index is 12.2. The third-order valence-corrected chi connectivity index (χ3v) is 4.36. The second-order valence-corrected chi connectivity index (χ2v) is 7.68. The molecule has 0 heterocycles. The van der Waals surface area contributed by atoms with Crippen molar-refractivity contribution in [2.75, 3.05) is 79.5 Å². The van der Waals surface area contributed by atoms with E-state index in [9.17, 15) is 14.4 Å². The molecule has 0 radical (unpaired) electrons. The van der Waals surface area contributed by atoms with Gasteiger partial charge in [0.05, 0.1) is 64.3 Å². The first kappa shape index (κ1) is 29.5. The number of nitrogens with one attached hydrogen (secondary N) is 2. The molecule has 0 saturated carbocycles. The number of carbonyl (C=O) groups excluding carboxylic acids is 2. The van der Waals surface area contributed by atoms with Crippen LogP contribution in [0.2, 0.25) is 0 Å². The maximum Gasteiger partial charge on any atom is 0.317 e. The molecule has 0 aromatic rings. The van der Waals surface area contributed by atoms with Crippen LogP contribution in [0.4, 0.5) is 0 Å². The molecule has 11 nitrogen and oxygen atoms in total. The second-order valence-electron chi connectivity index (χ2n) is 7.68. The third kappa shape index (κ3) is 15.9. The number of aliphatic carboxylic acids is 1. The van der Waals surface area contributed by atoms with Gasteiger partial charge in [-0.15, -0.1) is 0 Å². The van der Waals surface area contributed by atoms with E-state index in [2.05, 4.69) is 10.6 Å². The lowest BCUT2D eigenvalue weighted by molar-refractivity contribution is -0.138. The van der Waals surface area contributed by atoms with Gasteiger partial charge < -0.3 is 35.1 Å². The number of aliphatic hydroxyl groups is 1. The molecule has 0 aliphatic heterocycles. The summed E-state index contributed by atoms with van der Waals surface area (Å²) in [4.78, 5) is 36.2. The highest BCUT2D eigenvalue weighted by atomic mass is 16.5. The molecule has 4 N–H and O–H groups in total. The number of hydrogen-bond donors (Lipinski definition) is 4. The van der Waals surface area contributed by atoms with Gasteiger partial charge in [-0.1, -0.05) is 0 Å². The number of carbonyl (C=O) groups is 3. The fourth-order valence-electron chi connectivity index (χ4n) is 2.42. The first-order valence-corrected chi connectivity index (χ1v) is 10.4. The van der Waals surface area contributed by atoms with E-state index in [4.69, 9.17) is 24.4 Å². The molecule has 1 atom stereocenters. The van der Waals surface area contributed by atoms with E-state index >= 15 is 0 Å². The number of aliphatic hydroxyl groups excluding tert-OH is 1. The summed E-state index contributed by atoms with van der Waals surface area (Å²) in [6, 6.07) is -0.405. The highest BCUT2D eigenvalue weighted by Crippen LogP contribution is 2.04. The Morgan fingerprint density at radius 2 is 1.58 bits per heavy atom. The van der Waals surface area contributed by atoms with Gasteiger partial charge in [0, 0.05) is 13.1 Å². The van der Waals surface area contributed by atoms with Gasteiger partial charge in [0.1, 0.15) is 6.61 Å². The first-order chi connectivity index (χ1) is 14.6. The van der Waals surface area contributed by atoms with E-state index in [0.717, 1.165) is 0 Å². The number of Topliss-reactive ketones (excluding diaryl/α,β-unsaturated/α-hetero) is 2. The standard InChI is InChI=1S/C20H39N3O8/c1-16(17(25)13-23(4)14-19(27)28)21-5-8-30-11-12-31-15-18(26)20(2,3)22-6-9-29-10-7-24/h16,21-22,24H,5-15H2,1-4H3,(H,27,28). The predicted molar refractivity (Wildman–Crippen MR) is 114 cm³/mol. The summed E-state index contributed by atoms with van der Waals surface area (Å²) in [5, 5.41) is 23.5. The van der Waals surface area contributed by atoms with E-state index in [0.29, 0.717) is 32.9 Å². The average Bonchev–Trinajstić information content (AvgIpc) is 2.68. The molecule has 0 aromatic carbocycles. The Hall–Kier alpha value is -1.47. The van der Waals surface area contributed by atoms with Gasteiger partial charge in [-0.2, -0.15) is 0 Å². The predicted octanol–water partition coefficient (Wildman–Crippen LogP) is -1.47. The molecule has 0 amide bonds. The third-order valence-electron chi connectivity index (χ3n) is 4.36. The van der Waals surface area contributed by atoms with E-state index in [-0.39, 0.29) is 51.1 Å².